The second-order valence-electron chi connectivity index (χ2n) is 9.45. The van der Waals surface area contributed by atoms with E-state index in [2.05, 4.69) is 10.2 Å². The zero-order valence-corrected chi connectivity index (χ0v) is 18.4. The molecule has 0 saturated heterocycles. The number of ketones is 1. The number of ether oxygens (including phenoxy) is 2. The van der Waals surface area contributed by atoms with Crippen molar-refractivity contribution < 1.29 is 23.1 Å². The molecular formula is C25H25FN2O4. The van der Waals surface area contributed by atoms with Crippen LogP contribution in [-0.4, -0.2) is 22.6 Å². The Labute approximate surface area is 185 Å². The highest BCUT2D eigenvalue weighted by Gasteiger charge is 2.71. The average Bonchev–Trinajstić information content (AvgIpc) is 3.15. The molecular weight excluding hydrogens is 411 g/mol. The maximum Gasteiger partial charge on any atom is 0.420 e. The lowest BCUT2D eigenvalue weighted by atomic mass is 9.34. The number of halogens is 1. The highest BCUT2D eigenvalue weighted by molar-refractivity contribution is 5.81. The van der Waals surface area contributed by atoms with E-state index in [0.717, 1.165) is 24.8 Å². The van der Waals surface area contributed by atoms with Gasteiger partial charge in [-0.05, 0) is 80.3 Å². The Balaban J connectivity index is 1.13. The number of Topliss-reactive ketones (excluding diaryl/α,β-unsaturated/α-hetero) is 1. The molecule has 3 saturated carbocycles. The fraction of sp³-hybridized carbons (Fsp3) is 0.400. The number of aryl methyl sites for hydroxylation is 3. The first-order chi connectivity index (χ1) is 15.3. The van der Waals surface area contributed by atoms with Gasteiger partial charge in [-0.1, -0.05) is 17.2 Å². The summed E-state index contributed by atoms with van der Waals surface area (Å²) in [4.78, 5) is 12.4. The molecule has 6 rings (SSSR count). The first kappa shape index (κ1) is 20.7. The molecule has 0 aliphatic heterocycles. The van der Waals surface area contributed by atoms with Crippen molar-refractivity contribution in [3.8, 4) is 17.6 Å². The van der Waals surface area contributed by atoms with Crippen molar-refractivity contribution in [3.63, 3.8) is 0 Å². The van der Waals surface area contributed by atoms with Crippen molar-refractivity contribution in [2.45, 2.75) is 51.9 Å². The van der Waals surface area contributed by atoms with Gasteiger partial charge in [-0.2, -0.15) is 0 Å². The second-order valence-corrected chi connectivity index (χ2v) is 9.45. The third kappa shape index (κ3) is 3.66. The minimum Gasteiger partial charge on any atom is -0.486 e. The molecule has 166 valence electrons. The molecule has 1 heterocycles. The summed E-state index contributed by atoms with van der Waals surface area (Å²) in [5, 5.41) is 8.24. The standard InChI is InChI=1S/C25H25FN2O4/c1-15-4-7-20(8-17(15)3)31-23-28-27-22(32-23)25-12-24(13-25,14-25)10-18(29)11-30-19-6-5-16(2)21(26)9-19/h4-9H,10-14H2,1-3H3. The van der Waals surface area contributed by atoms with Crippen LogP contribution in [0.15, 0.2) is 40.8 Å². The molecule has 0 radical (unpaired) electrons. The molecule has 3 aliphatic carbocycles. The molecule has 3 fully saturated rings. The number of hydrogen-bond acceptors (Lipinski definition) is 6. The third-order valence-corrected chi connectivity index (χ3v) is 6.80. The molecule has 6 nitrogen and oxygen atoms in total. The lowest BCUT2D eigenvalue weighted by Gasteiger charge is -2.68. The van der Waals surface area contributed by atoms with E-state index in [-0.39, 0.29) is 35.1 Å². The summed E-state index contributed by atoms with van der Waals surface area (Å²) in [6.07, 6.45) is 3.11. The smallest absolute Gasteiger partial charge is 0.420 e. The number of benzene rings is 2. The van der Waals surface area contributed by atoms with Gasteiger partial charge in [0.1, 0.15) is 23.9 Å². The molecule has 2 bridgehead atoms. The van der Waals surface area contributed by atoms with Crippen LogP contribution >= 0.6 is 0 Å². The summed E-state index contributed by atoms with van der Waals surface area (Å²) < 4.78 is 30.6. The predicted octanol–water partition coefficient (Wildman–Crippen LogP) is 5.39. The Bertz CT molecular complexity index is 1180. The summed E-state index contributed by atoms with van der Waals surface area (Å²) >= 11 is 0. The van der Waals surface area contributed by atoms with Crippen molar-refractivity contribution in [3.05, 3.63) is 64.8 Å². The van der Waals surface area contributed by atoms with E-state index in [1.807, 2.05) is 32.0 Å². The van der Waals surface area contributed by atoms with E-state index in [9.17, 15) is 9.18 Å². The normalized spacial score (nSPS) is 23.2. The van der Waals surface area contributed by atoms with Crippen LogP contribution in [0.5, 0.6) is 17.6 Å². The number of hydrogen-bond donors (Lipinski definition) is 0. The van der Waals surface area contributed by atoms with Gasteiger partial charge in [0.15, 0.2) is 5.78 Å². The Morgan fingerprint density at radius 3 is 2.44 bits per heavy atom. The number of carbonyl (C=O) groups is 1. The van der Waals surface area contributed by atoms with Crippen LogP contribution in [0.1, 0.15) is 48.3 Å². The zero-order chi connectivity index (χ0) is 22.5. The van der Waals surface area contributed by atoms with E-state index in [4.69, 9.17) is 13.9 Å². The largest absolute Gasteiger partial charge is 0.486 e. The molecule has 0 atom stereocenters. The van der Waals surface area contributed by atoms with Crippen LogP contribution in [0.2, 0.25) is 0 Å². The first-order valence-electron chi connectivity index (χ1n) is 10.8. The molecule has 0 N–H and O–H groups in total. The molecule has 3 aliphatic rings. The van der Waals surface area contributed by atoms with E-state index in [0.29, 0.717) is 29.4 Å². The monoisotopic (exact) mass is 436 g/mol. The molecule has 32 heavy (non-hydrogen) atoms. The SMILES string of the molecule is Cc1ccc(Oc2nnc(C34CC(CC(=O)COc5ccc(C)c(F)c5)(C3)C4)o2)cc1C. The van der Waals surface area contributed by atoms with Crippen LogP contribution in [-0.2, 0) is 10.2 Å². The number of nitrogens with zero attached hydrogens (tertiary/aromatic N) is 2. The van der Waals surface area contributed by atoms with Crippen molar-refractivity contribution in [2.75, 3.05) is 6.61 Å². The van der Waals surface area contributed by atoms with E-state index < -0.39 is 0 Å². The van der Waals surface area contributed by atoms with Gasteiger partial charge in [-0.15, -0.1) is 5.10 Å². The fourth-order valence-corrected chi connectivity index (χ4v) is 5.05. The molecule has 3 aromatic rings. The molecule has 0 unspecified atom stereocenters. The molecule has 1 aromatic heterocycles. The highest BCUT2D eigenvalue weighted by atomic mass is 19.1. The van der Waals surface area contributed by atoms with Gasteiger partial charge in [-0.3, -0.25) is 4.79 Å². The van der Waals surface area contributed by atoms with Crippen LogP contribution < -0.4 is 9.47 Å². The summed E-state index contributed by atoms with van der Waals surface area (Å²) in [6.45, 7) is 5.70. The molecule has 2 aromatic carbocycles. The maximum atomic E-state index is 13.6. The van der Waals surface area contributed by atoms with Crippen molar-refractivity contribution >= 4 is 5.78 Å². The van der Waals surface area contributed by atoms with E-state index in [1.165, 1.54) is 11.6 Å². The van der Waals surface area contributed by atoms with Gasteiger partial charge in [0.25, 0.3) is 0 Å². The minimum absolute atomic E-state index is 0.0114. The van der Waals surface area contributed by atoms with Gasteiger partial charge in [-0.25, -0.2) is 4.39 Å². The molecule has 7 heteroatoms. The number of carbonyl (C=O) groups excluding carboxylic acids is 1. The Kier molecular flexibility index (Phi) is 4.80. The Morgan fingerprint density at radius 1 is 1.00 bits per heavy atom. The zero-order valence-electron chi connectivity index (χ0n) is 18.4. The average molecular weight is 436 g/mol. The number of rotatable bonds is 8. The fourth-order valence-electron chi connectivity index (χ4n) is 5.05. The third-order valence-electron chi connectivity index (χ3n) is 6.80. The quantitative estimate of drug-likeness (QED) is 0.472. The van der Waals surface area contributed by atoms with Gasteiger partial charge in [0.2, 0.25) is 5.89 Å². The lowest BCUT2D eigenvalue weighted by molar-refractivity contribution is -0.168. The molecule has 0 amide bonds. The van der Waals surface area contributed by atoms with Crippen LogP contribution in [0.25, 0.3) is 0 Å². The van der Waals surface area contributed by atoms with Crippen LogP contribution in [0.3, 0.4) is 0 Å². The first-order valence-corrected chi connectivity index (χ1v) is 10.8. The number of aromatic nitrogens is 2. The Morgan fingerprint density at radius 2 is 1.72 bits per heavy atom. The topological polar surface area (TPSA) is 74.5 Å². The van der Waals surface area contributed by atoms with Gasteiger partial charge in [0, 0.05) is 12.5 Å². The summed E-state index contributed by atoms with van der Waals surface area (Å²) in [5.41, 5.74) is 2.71. The summed E-state index contributed by atoms with van der Waals surface area (Å²) in [5.74, 6) is 1.30. The van der Waals surface area contributed by atoms with Crippen LogP contribution in [0.4, 0.5) is 4.39 Å². The summed E-state index contributed by atoms with van der Waals surface area (Å²) in [6, 6.07) is 10.4. The highest BCUT2D eigenvalue weighted by Crippen LogP contribution is 2.74. The van der Waals surface area contributed by atoms with Gasteiger partial charge >= 0.3 is 6.08 Å². The lowest BCUT2D eigenvalue weighted by Crippen LogP contribution is -2.65. The van der Waals surface area contributed by atoms with Crippen molar-refractivity contribution in [1.29, 1.82) is 0 Å². The van der Waals surface area contributed by atoms with Gasteiger partial charge in [0.05, 0.1) is 5.41 Å². The predicted molar refractivity (Wildman–Crippen MR) is 115 cm³/mol. The molecule has 0 spiro atoms. The van der Waals surface area contributed by atoms with Gasteiger partial charge < -0.3 is 13.9 Å². The van der Waals surface area contributed by atoms with Crippen molar-refractivity contribution in [2.24, 2.45) is 5.41 Å². The van der Waals surface area contributed by atoms with Crippen LogP contribution in [0, 0.1) is 32.0 Å². The summed E-state index contributed by atoms with van der Waals surface area (Å²) in [7, 11) is 0. The van der Waals surface area contributed by atoms with Crippen molar-refractivity contribution in [1.82, 2.24) is 10.2 Å². The maximum absolute atomic E-state index is 13.6. The Hall–Kier alpha value is -3.22. The van der Waals surface area contributed by atoms with E-state index >= 15 is 0 Å². The second kappa shape index (κ2) is 7.43. The van der Waals surface area contributed by atoms with E-state index in [1.54, 1.807) is 19.1 Å². The minimum atomic E-state index is -0.336.